The molecule has 0 aliphatic heterocycles. The van der Waals surface area contributed by atoms with Crippen molar-refractivity contribution in [1.29, 1.82) is 0 Å². The molecule has 0 aliphatic carbocycles. The molecule has 3 rings (SSSR count). The van der Waals surface area contributed by atoms with Gasteiger partial charge in [0.2, 0.25) is 0 Å². The van der Waals surface area contributed by atoms with Crippen LogP contribution in [0, 0.1) is 0 Å². The Kier molecular flexibility index (Phi) is 5.34. The fourth-order valence-corrected chi connectivity index (χ4v) is 3.37. The number of ether oxygens (including phenoxy) is 2. The maximum absolute atomic E-state index is 13.1. The van der Waals surface area contributed by atoms with Gasteiger partial charge >= 0.3 is 0 Å². The van der Waals surface area contributed by atoms with E-state index in [1.54, 1.807) is 58.1 Å². The second kappa shape index (κ2) is 7.56. The van der Waals surface area contributed by atoms with Gasteiger partial charge in [0.1, 0.15) is 17.2 Å². The first kappa shape index (κ1) is 19.8. The van der Waals surface area contributed by atoms with Crippen molar-refractivity contribution in [1.82, 2.24) is 9.47 Å². The lowest BCUT2D eigenvalue weighted by atomic mass is 9.99. The van der Waals surface area contributed by atoms with Crippen molar-refractivity contribution in [3.05, 3.63) is 47.1 Å². The summed E-state index contributed by atoms with van der Waals surface area (Å²) >= 11 is 6.04. The molecule has 6 nitrogen and oxygen atoms in total. The molecule has 0 aliphatic rings. The van der Waals surface area contributed by atoms with Gasteiger partial charge in [0.05, 0.1) is 25.1 Å². The highest BCUT2D eigenvalue weighted by molar-refractivity contribution is 6.44. The van der Waals surface area contributed by atoms with Crippen LogP contribution in [-0.2, 0) is 11.8 Å². The van der Waals surface area contributed by atoms with Crippen molar-refractivity contribution < 1.29 is 19.1 Å². The third-order valence-corrected chi connectivity index (χ3v) is 4.89. The maximum Gasteiger partial charge on any atom is 0.296 e. The molecule has 0 saturated heterocycles. The minimum absolute atomic E-state index is 0.280. The normalized spacial score (nSPS) is 10.8. The summed E-state index contributed by atoms with van der Waals surface area (Å²) in [5.41, 5.74) is 2.38. The molecule has 0 bridgehead atoms. The van der Waals surface area contributed by atoms with Crippen LogP contribution in [0.15, 0.2) is 36.4 Å². The van der Waals surface area contributed by atoms with E-state index in [-0.39, 0.29) is 5.69 Å². The van der Waals surface area contributed by atoms with Crippen LogP contribution in [0.4, 0.5) is 0 Å². The number of hydrogen-bond acceptors (Lipinski definition) is 4. The second-order valence-corrected chi connectivity index (χ2v) is 6.98. The topological polar surface area (TPSA) is 60.8 Å². The first-order valence-electron chi connectivity index (χ1n) is 8.56. The average molecular weight is 401 g/mol. The van der Waals surface area contributed by atoms with Gasteiger partial charge in [-0.1, -0.05) is 23.7 Å². The van der Waals surface area contributed by atoms with Crippen molar-refractivity contribution in [2.45, 2.75) is 0 Å². The van der Waals surface area contributed by atoms with Gasteiger partial charge in [-0.25, -0.2) is 0 Å². The zero-order valence-corrected chi connectivity index (χ0v) is 17.1. The van der Waals surface area contributed by atoms with Crippen LogP contribution < -0.4 is 9.47 Å². The first-order chi connectivity index (χ1) is 13.3. The van der Waals surface area contributed by atoms with Gasteiger partial charge in [-0.15, -0.1) is 0 Å². The van der Waals surface area contributed by atoms with Crippen LogP contribution in [-0.4, -0.2) is 49.5 Å². The number of Topliss-reactive ketones (excluding diaryl/α,β-unsaturated/α-hetero) is 1. The van der Waals surface area contributed by atoms with Crippen LogP contribution in [0.2, 0.25) is 5.02 Å². The summed E-state index contributed by atoms with van der Waals surface area (Å²) in [6.45, 7) is 0. The second-order valence-electron chi connectivity index (χ2n) is 6.54. The fourth-order valence-electron chi connectivity index (χ4n) is 3.25. The Bertz CT molecular complexity index is 1070. The molecular weight excluding hydrogens is 380 g/mol. The van der Waals surface area contributed by atoms with Gasteiger partial charge in [-0.2, -0.15) is 0 Å². The van der Waals surface area contributed by atoms with Crippen molar-refractivity contribution in [2.24, 2.45) is 7.05 Å². The molecule has 146 valence electrons. The number of methoxy groups -OCH3 is 2. The zero-order valence-electron chi connectivity index (χ0n) is 16.4. The molecule has 1 amide bonds. The highest BCUT2D eigenvalue weighted by Crippen LogP contribution is 2.42. The Morgan fingerprint density at radius 3 is 2.21 bits per heavy atom. The van der Waals surface area contributed by atoms with Gasteiger partial charge < -0.3 is 18.9 Å². The van der Waals surface area contributed by atoms with Crippen molar-refractivity contribution in [3.63, 3.8) is 0 Å². The molecule has 0 spiro atoms. The molecule has 0 N–H and O–H groups in total. The number of nitrogens with zero attached hydrogens (tertiary/aromatic N) is 2. The molecule has 2 aromatic carbocycles. The van der Waals surface area contributed by atoms with E-state index in [2.05, 4.69) is 0 Å². The molecule has 0 unspecified atom stereocenters. The Hall–Kier alpha value is -2.99. The summed E-state index contributed by atoms with van der Waals surface area (Å²) in [6, 6.07) is 10.7. The van der Waals surface area contributed by atoms with E-state index < -0.39 is 11.7 Å². The minimum Gasteiger partial charge on any atom is -0.497 e. The lowest BCUT2D eigenvalue weighted by Gasteiger charge is -2.12. The fraction of sp³-hybridized carbons (Fsp3) is 0.238. The number of amides is 1. The van der Waals surface area contributed by atoms with Crippen LogP contribution in [0.5, 0.6) is 11.5 Å². The van der Waals surface area contributed by atoms with Gasteiger partial charge in [0.25, 0.3) is 11.7 Å². The highest BCUT2D eigenvalue weighted by Gasteiger charge is 2.29. The lowest BCUT2D eigenvalue weighted by molar-refractivity contribution is -0.124. The minimum atomic E-state index is -0.605. The van der Waals surface area contributed by atoms with Gasteiger partial charge in [0, 0.05) is 43.9 Å². The van der Waals surface area contributed by atoms with Crippen molar-refractivity contribution in [3.8, 4) is 22.6 Å². The summed E-state index contributed by atoms with van der Waals surface area (Å²) in [4.78, 5) is 26.8. The molecule has 0 radical (unpaired) electrons. The van der Waals surface area contributed by atoms with E-state index in [1.165, 1.54) is 4.90 Å². The molecule has 28 heavy (non-hydrogen) atoms. The maximum atomic E-state index is 13.1. The van der Waals surface area contributed by atoms with Crippen LogP contribution in [0.25, 0.3) is 22.0 Å². The van der Waals surface area contributed by atoms with Crippen molar-refractivity contribution in [2.75, 3.05) is 28.3 Å². The molecule has 3 aromatic rings. The van der Waals surface area contributed by atoms with E-state index in [1.807, 2.05) is 18.2 Å². The standard InChI is InChI=1S/C21H21ClN2O4/c1-23(2)21(26)20(25)19-17(12-6-8-13(22)9-7-12)18-15(24(19)3)10-14(27-4)11-16(18)28-5/h6-11H,1-5H3. The van der Waals surface area contributed by atoms with Crippen molar-refractivity contribution >= 4 is 34.2 Å². The number of carbonyl (C=O) groups is 2. The molecule has 0 fully saturated rings. The van der Waals surface area contributed by atoms with Gasteiger partial charge in [-0.3, -0.25) is 9.59 Å². The van der Waals surface area contributed by atoms with E-state index in [0.29, 0.717) is 22.1 Å². The van der Waals surface area contributed by atoms with E-state index in [4.69, 9.17) is 21.1 Å². The number of rotatable bonds is 5. The highest BCUT2D eigenvalue weighted by atomic mass is 35.5. The van der Waals surface area contributed by atoms with E-state index in [9.17, 15) is 9.59 Å². The number of ketones is 1. The number of likely N-dealkylation sites (N-methyl/N-ethyl adjacent to an activating group) is 1. The number of hydrogen-bond donors (Lipinski definition) is 0. The summed E-state index contributed by atoms with van der Waals surface area (Å²) < 4.78 is 12.7. The van der Waals surface area contributed by atoms with Crippen LogP contribution in [0.3, 0.4) is 0 Å². The van der Waals surface area contributed by atoms with Crippen LogP contribution >= 0.6 is 11.6 Å². The third-order valence-electron chi connectivity index (χ3n) is 4.64. The Morgan fingerprint density at radius 1 is 1.04 bits per heavy atom. The molecule has 7 heteroatoms. The molecule has 0 atom stereocenters. The monoisotopic (exact) mass is 400 g/mol. The number of aryl methyl sites for hydroxylation is 1. The van der Waals surface area contributed by atoms with E-state index >= 15 is 0 Å². The summed E-state index contributed by atoms with van der Waals surface area (Å²) in [6.07, 6.45) is 0. The Labute approximate surface area is 168 Å². The zero-order chi connectivity index (χ0) is 20.6. The SMILES string of the molecule is COc1cc(OC)c2c(-c3ccc(Cl)cc3)c(C(=O)C(=O)N(C)C)n(C)c2c1. The largest absolute Gasteiger partial charge is 0.497 e. The number of benzene rings is 2. The molecule has 1 heterocycles. The first-order valence-corrected chi connectivity index (χ1v) is 8.94. The van der Waals surface area contributed by atoms with Crippen LogP contribution in [0.1, 0.15) is 10.5 Å². The predicted molar refractivity (Wildman–Crippen MR) is 109 cm³/mol. The number of halogens is 1. The average Bonchev–Trinajstić information content (AvgIpc) is 2.99. The summed E-state index contributed by atoms with van der Waals surface area (Å²) in [5.74, 6) is -0.0708. The number of fused-ring (bicyclic) bond motifs is 1. The predicted octanol–water partition coefficient (Wildman–Crippen LogP) is 3.79. The lowest BCUT2D eigenvalue weighted by Crippen LogP contribution is -2.31. The van der Waals surface area contributed by atoms with E-state index in [0.717, 1.165) is 16.5 Å². The Morgan fingerprint density at radius 2 is 1.68 bits per heavy atom. The van der Waals surface area contributed by atoms with Gasteiger partial charge in [0.15, 0.2) is 0 Å². The number of carbonyl (C=O) groups excluding carboxylic acids is 2. The molecular formula is C21H21ClN2O4. The summed E-state index contributed by atoms with van der Waals surface area (Å²) in [5, 5.41) is 1.30. The molecule has 1 aromatic heterocycles. The molecule has 0 saturated carbocycles. The third kappa shape index (κ3) is 3.20. The number of aromatic nitrogens is 1. The Balaban J connectivity index is 2.45. The quantitative estimate of drug-likeness (QED) is 0.483. The smallest absolute Gasteiger partial charge is 0.296 e. The summed E-state index contributed by atoms with van der Waals surface area (Å²) in [7, 11) is 7.96. The van der Waals surface area contributed by atoms with Gasteiger partial charge in [-0.05, 0) is 17.7 Å².